The molecule has 0 aliphatic heterocycles. The van der Waals surface area contributed by atoms with Gasteiger partial charge in [0.1, 0.15) is 0 Å². The van der Waals surface area contributed by atoms with Gasteiger partial charge in [0.05, 0.1) is 5.25 Å². The van der Waals surface area contributed by atoms with E-state index >= 15 is 0 Å². The van der Waals surface area contributed by atoms with Crippen molar-refractivity contribution >= 4 is 23.4 Å². The van der Waals surface area contributed by atoms with E-state index in [4.69, 9.17) is 0 Å². The summed E-state index contributed by atoms with van der Waals surface area (Å²) in [4.78, 5) is 14.5. The topological polar surface area (TPSA) is 29.1 Å². The summed E-state index contributed by atoms with van der Waals surface area (Å²) >= 11 is 1.71. The van der Waals surface area contributed by atoms with Crippen LogP contribution in [0.5, 0.6) is 0 Å². The van der Waals surface area contributed by atoms with Crippen molar-refractivity contribution in [3.05, 3.63) is 58.7 Å². The van der Waals surface area contributed by atoms with E-state index in [0.29, 0.717) is 0 Å². The second-order valence-corrected chi connectivity index (χ2v) is 11.1. The predicted octanol–water partition coefficient (Wildman–Crippen LogP) is 8.76. The lowest BCUT2D eigenvalue weighted by atomic mass is 9.82. The fourth-order valence-corrected chi connectivity index (χ4v) is 5.18. The van der Waals surface area contributed by atoms with Crippen molar-refractivity contribution in [3.63, 3.8) is 0 Å². The molecule has 2 aromatic rings. The van der Waals surface area contributed by atoms with E-state index in [0.717, 1.165) is 36.1 Å². The fourth-order valence-electron chi connectivity index (χ4n) is 4.11. The molecule has 0 aliphatic rings. The molecule has 0 bridgehead atoms. The van der Waals surface area contributed by atoms with Gasteiger partial charge in [0.15, 0.2) is 0 Å². The minimum atomic E-state index is -0.0817. The monoisotopic (exact) mass is 453 g/mol. The number of benzene rings is 2. The van der Waals surface area contributed by atoms with Crippen LogP contribution in [0.25, 0.3) is 0 Å². The zero-order chi connectivity index (χ0) is 23.7. The van der Waals surface area contributed by atoms with Crippen LogP contribution in [-0.4, -0.2) is 11.2 Å². The normalized spacial score (nSPS) is 12.6. The average molecular weight is 454 g/mol. The van der Waals surface area contributed by atoms with E-state index in [1.165, 1.54) is 41.7 Å². The van der Waals surface area contributed by atoms with Crippen molar-refractivity contribution < 1.29 is 4.79 Å². The number of rotatable bonds is 12. The maximum absolute atomic E-state index is 13.4. The molecule has 1 unspecified atom stereocenters. The molecule has 1 amide bonds. The second-order valence-electron chi connectivity index (χ2n) is 9.83. The summed E-state index contributed by atoms with van der Waals surface area (Å²) in [5.41, 5.74) is 6.00. The first kappa shape index (κ1) is 26.5. The molecule has 1 atom stereocenters. The van der Waals surface area contributed by atoms with Gasteiger partial charge in [-0.15, -0.1) is 11.8 Å². The van der Waals surface area contributed by atoms with Crippen LogP contribution < -0.4 is 5.32 Å². The van der Waals surface area contributed by atoms with Crippen molar-refractivity contribution in [2.75, 3.05) is 5.32 Å². The fraction of sp³-hybridized carbons (Fsp3) is 0.552. The van der Waals surface area contributed by atoms with Crippen molar-refractivity contribution in [1.29, 1.82) is 0 Å². The first-order valence-corrected chi connectivity index (χ1v) is 13.2. The largest absolute Gasteiger partial charge is 0.325 e. The minimum absolute atomic E-state index is 0.0817. The third kappa shape index (κ3) is 7.69. The van der Waals surface area contributed by atoms with Crippen LogP contribution in [0.3, 0.4) is 0 Å². The summed E-state index contributed by atoms with van der Waals surface area (Å²) < 4.78 is 0. The highest BCUT2D eigenvalue weighted by Crippen LogP contribution is 2.33. The maximum Gasteiger partial charge on any atom is 0.237 e. The van der Waals surface area contributed by atoms with Crippen LogP contribution >= 0.6 is 11.8 Å². The Morgan fingerprint density at radius 2 is 1.53 bits per heavy atom. The molecule has 0 saturated carbocycles. The number of unbranched alkanes of at least 4 members (excludes halogenated alkanes) is 4. The van der Waals surface area contributed by atoms with E-state index in [-0.39, 0.29) is 16.6 Å². The minimum Gasteiger partial charge on any atom is -0.325 e. The van der Waals surface area contributed by atoms with Crippen LogP contribution in [-0.2, 0) is 10.2 Å². The molecule has 0 fully saturated rings. The number of thioether (sulfide) groups is 1. The molecule has 0 saturated heterocycles. The van der Waals surface area contributed by atoms with E-state index in [1.54, 1.807) is 11.8 Å². The molecule has 0 spiro atoms. The van der Waals surface area contributed by atoms with Gasteiger partial charge < -0.3 is 5.32 Å². The van der Waals surface area contributed by atoms with Crippen LogP contribution in [0.2, 0.25) is 0 Å². The van der Waals surface area contributed by atoms with Gasteiger partial charge in [0.2, 0.25) is 5.91 Å². The van der Waals surface area contributed by atoms with Crippen LogP contribution in [0.1, 0.15) is 94.9 Å². The quantitative estimate of drug-likeness (QED) is 0.257. The molecule has 3 heteroatoms. The van der Waals surface area contributed by atoms with Crippen molar-refractivity contribution in [2.24, 2.45) is 0 Å². The highest BCUT2D eigenvalue weighted by molar-refractivity contribution is 8.00. The smallest absolute Gasteiger partial charge is 0.237 e. The van der Waals surface area contributed by atoms with Crippen molar-refractivity contribution in [2.45, 2.75) is 109 Å². The average Bonchev–Trinajstić information content (AvgIpc) is 2.75. The summed E-state index contributed by atoms with van der Waals surface area (Å²) in [6.07, 6.45) is 8.09. The summed E-state index contributed by atoms with van der Waals surface area (Å²) in [5.74, 6) is 0.124. The SMILES string of the molecule is CCCCCCCC(Sc1ccc(C(C)(C)CC)cc1)C(=O)Nc1c(C)cc(C)cc1C. The Morgan fingerprint density at radius 3 is 2.09 bits per heavy atom. The van der Waals surface area contributed by atoms with Gasteiger partial charge >= 0.3 is 0 Å². The lowest BCUT2D eigenvalue weighted by molar-refractivity contribution is -0.115. The van der Waals surface area contributed by atoms with Gasteiger partial charge in [-0.05, 0) is 67.9 Å². The Bertz CT molecular complexity index is 846. The number of carbonyl (C=O) groups is 1. The van der Waals surface area contributed by atoms with E-state index in [2.05, 4.69) is 90.2 Å². The summed E-state index contributed by atoms with van der Waals surface area (Å²) in [7, 11) is 0. The summed E-state index contributed by atoms with van der Waals surface area (Å²) in [6.45, 7) is 15.3. The molecule has 2 nitrogen and oxygen atoms in total. The van der Waals surface area contributed by atoms with E-state index in [9.17, 15) is 4.79 Å². The summed E-state index contributed by atoms with van der Waals surface area (Å²) in [6, 6.07) is 13.1. The highest BCUT2D eigenvalue weighted by Gasteiger charge is 2.22. The van der Waals surface area contributed by atoms with Gasteiger partial charge in [0.25, 0.3) is 0 Å². The zero-order valence-corrected chi connectivity index (χ0v) is 22.1. The molecular weight excluding hydrogens is 410 g/mol. The molecule has 176 valence electrons. The van der Waals surface area contributed by atoms with Gasteiger partial charge in [-0.25, -0.2) is 0 Å². The summed E-state index contributed by atoms with van der Waals surface area (Å²) in [5, 5.41) is 3.18. The van der Waals surface area contributed by atoms with Gasteiger partial charge in [-0.2, -0.15) is 0 Å². The second kappa shape index (κ2) is 12.5. The molecule has 0 radical (unpaired) electrons. The van der Waals surface area contributed by atoms with E-state index < -0.39 is 0 Å². The lowest BCUT2D eigenvalue weighted by Gasteiger charge is -2.24. The Morgan fingerprint density at radius 1 is 0.938 bits per heavy atom. The Labute approximate surface area is 201 Å². The maximum atomic E-state index is 13.4. The first-order valence-electron chi connectivity index (χ1n) is 12.3. The number of hydrogen-bond acceptors (Lipinski definition) is 2. The van der Waals surface area contributed by atoms with Crippen LogP contribution in [0, 0.1) is 20.8 Å². The van der Waals surface area contributed by atoms with Crippen LogP contribution in [0.4, 0.5) is 5.69 Å². The predicted molar refractivity (Wildman–Crippen MR) is 142 cm³/mol. The standard InChI is InChI=1S/C29H43NOS/c1-8-10-11-12-13-14-26(28(31)30-27-22(4)19-21(3)20-23(27)5)32-25-17-15-24(16-18-25)29(6,7)9-2/h15-20,26H,8-14H2,1-7H3,(H,30,31). The number of amides is 1. The number of hydrogen-bond donors (Lipinski definition) is 1. The Balaban J connectivity index is 2.15. The molecular formula is C29H43NOS. The zero-order valence-electron chi connectivity index (χ0n) is 21.3. The number of carbonyl (C=O) groups excluding carboxylic acids is 1. The van der Waals surface area contributed by atoms with Crippen LogP contribution in [0.15, 0.2) is 41.3 Å². The van der Waals surface area contributed by atoms with Gasteiger partial charge in [-0.1, -0.05) is 89.6 Å². The molecule has 0 aromatic heterocycles. The van der Waals surface area contributed by atoms with Crippen molar-refractivity contribution in [3.8, 4) is 0 Å². The molecule has 32 heavy (non-hydrogen) atoms. The number of aryl methyl sites for hydroxylation is 3. The Hall–Kier alpha value is -1.74. The lowest BCUT2D eigenvalue weighted by Crippen LogP contribution is -2.26. The third-order valence-electron chi connectivity index (χ3n) is 6.59. The molecule has 2 aromatic carbocycles. The van der Waals surface area contributed by atoms with E-state index in [1.807, 2.05) is 0 Å². The highest BCUT2D eigenvalue weighted by atomic mass is 32.2. The molecule has 1 N–H and O–H groups in total. The number of anilines is 1. The molecule has 2 rings (SSSR count). The third-order valence-corrected chi connectivity index (χ3v) is 7.86. The molecule has 0 aliphatic carbocycles. The van der Waals surface area contributed by atoms with Gasteiger partial charge in [-0.3, -0.25) is 4.79 Å². The Kier molecular flexibility index (Phi) is 10.3. The molecule has 0 heterocycles. The first-order chi connectivity index (χ1) is 15.2. The van der Waals surface area contributed by atoms with Crippen molar-refractivity contribution in [1.82, 2.24) is 0 Å². The number of nitrogens with one attached hydrogen (secondary N) is 1. The van der Waals surface area contributed by atoms with Gasteiger partial charge in [0, 0.05) is 10.6 Å².